The number of nitrogens with two attached hydrogens (primary N) is 1. The van der Waals surface area contributed by atoms with Gasteiger partial charge >= 0.3 is 0 Å². The van der Waals surface area contributed by atoms with Crippen molar-refractivity contribution in [3.63, 3.8) is 0 Å². The van der Waals surface area contributed by atoms with E-state index in [0.29, 0.717) is 6.61 Å². The van der Waals surface area contributed by atoms with Crippen molar-refractivity contribution < 1.29 is 9.47 Å². The average molecular weight is 235 g/mol. The number of benzene rings is 1. The fourth-order valence-corrected chi connectivity index (χ4v) is 2.02. The summed E-state index contributed by atoms with van der Waals surface area (Å²) in [6.07, 6.45) is 3.78. The Morgan fingerprint density at radius 1 is 1.47 bits per heavy atom. The fourth-order valence-electron chi connectivity index (χ4n) is 2.02. The van der Waals surface area contributed by atoms with Gasteiger partial charge in [0, 0.05) is 12.6 Å². The number of ether oxygens (including phenoxy) is 2. The molecule has 1 fully saturated rings. The molecule has 0 aliphatic carbocycles. The van der Waals surface area contributed by atoms with Crippen LogP contribution in [0.1, 0.15) is 37.8 Å². The van der Waals surface area contributed by atoms with Crippen molar-refractivity contribution in [3.05, 3.63) is 29.8 Å². The van der Waals surface area contributed by atoms with Crippen LogP contribution in [-0.2, 0) is 4.74 Å². The van der Waals surface area contributed by atoms with Crippen LogP contribution in [0.4, 0.5) is 0 Å². The number of hydrogen-bond acceptors (Lipinski definition) is 3. The molecule has 1 aromatic rings. The Morgan fingerprint density at radius 3 is 3.06 bits per heavy atom. The summed E-state index contributed by atoms with van der Waals surface area (Å²) in [5.74, 6) is 0.883. The zero-order valence-corrected chi connectivity index (χ0v) is 10.4. The van der Waals surface area contributed by atoms with Gasteiger partial charge in [0.1, 0.15) is 12.4 Å². The van der Waals surface area contributed by atoms with Gasteiger partial charge < -0.3 is 15.2 Å². The van der Waals surface area contributed by atoms with E-state index in [-0.39, 0.29) is 12.1 Å². The monoisotopic (exact) mass is 235 g/mol. The van der Waals surface area contributed by atoms with Gasteiger partial charge in [-0.2, -0.15) is 0 Å². The van der Waals surface area contributed by atoms with Crippen molar-refractivity contribution in [2.75, 3.05) is 13.2 Å². The van der Waals surface area contributed by atoms with Gasteiger partial charge in [0.15, 0.2) is 0 Å². The maximum Gasteiger partial charge on any atom is 0.119 e. The van der Waals surface area contributed by atoms with Crippen LogP contribution in [0.15, 0.2) is 24.3 Å². The highest BCUT2D eigenvalue weighted by atomic mass is 16.5. The maximum absolute atomic E-state index is 5.84. The molecule has 1 saturated heterocycles. The summed E-state index contributed by atoms with van der Waals surface area (Å²) in [6, 6.07) is 8.02. The van der Waals surface area contributed by atoms with E-state index in [1.807, 2.05) is 31.2 Å². The minimum absolute atomic E-state index is 0.0458. The molecule has 0 aromatic heterocycles. The Morgan fingerprint density at radius 2 is 2.35 bits per heavy atom. The Labute approximate surface area is 103 Å². The zero-order valence-electron chi connectivity index (χ0n) is 10.4. The van der Waals surface area contributed by atoms with Crippen LogP contribution >= 0.6 is 0 Å². The molecule has 3 heteroatoms. The van der Waals surface area contributed by atoms with Crippen molar-refractivity contribution in [1.82, 2.24) is 0 Å². The molecule has 0 radical (unpaired) electrons. The molecule has 1 aliphatic rings. The van der Waals surface area contributed by atoms with Crippen LogP contribution in [-0.4, -0.2) is 19.3 Å². The first-order chi connectivity index (χ1) is 8.25. The topological polar surface area (TPSA) is 44.5 Å². The van der Waals surface area contributed by atoms with Crippen LogP contribution in [0, 0.1) is 0 Å². The van der Waals surface area contributed by atoms with Crippen molar-refractivity contribution in [2.24, 2.45) is 5.73 Å². The van der Waals surface area contributed by atoms with E-state index in [9.17, 15) is 0 Å². The van der Waals surface area contributed by atoms with Crippen LogP contribution in [0.2, 0.25) is 0 Å². The van der Waals surface area contributed by atoms with Gasteiger partial charge in [-0.3, -0.25) is 0 Å². The molecule has 0 spiro atoms. The summed E-state index contributed by atoms with van der Waals surface area (Å²) in [5.41, 5.74) is 6.95. The first-order valence-electron chi connectivity index (χ1n) is 6.35. The first kappa shape index (κ1) is 12.4. The van der Waals surface area contributed by atoms with Gasteiger partial charge in [-0.05, 0) is 43.9 Å². The first-order valence-corrected chi connectivity index (χ1v) is 6.35. The van der Waals surface area contributed by atoms with E-state index in [1.54, 1.807) is 0 Å². The summed E-state index contributed by atoms with van der Waals surface area (Å²) in [7, 11) is 0. The third-order valence-corrected chi connectivity index (χ3v) is 3.09. The molecule has 2 N–H and O–H groups in total. The van der Waals surface area contributed by atoms with Crippen LogP contribution in [0.5, 0.6) is 5.75 Å². The molecular weight excluding hydrogens is 214 g/mol. The second kappa shape index (κ2) is 6.03. The number of rotatable bonds is 4. The zero-order chi connectivity index (χ0) is 12.1. The third kappa shape index (κ3) is 3.72. The molecule has 2 rings (SSSR count). The highest BCUT2D eigenvalue weighted by molar-refractivity contribution is 5.30. The molecule has 3 nitrogen and oxygen atoms in total. The van der Waals surface area contributed by atoms with Crippen molar-refractivity contribution in [1.29, 1.82) is 0 Å². The van der Waals surface area contributed by atoms with E-state index < -0.39 is 0 Å². The Kier molecular flexibility index (Phi) is 4.40. The lowest BCUT2D eigenvalue weighted by atomic mass is 10.1. The minimum atomic E-state index is 0.0458. The Bertz CT molecular complexity index is 346. The molecule has 17 heavy (non-hydrogen) atoms. The van der Waals surface area contributed by atoms with Gasteiger partial charge in [-0.1, -0.05) is 12.1 Å². The lowest BCUT2D eigenvalue weighted by molar-refractivity contribution is -0.0110. The second-order valence-electron chi connectivity index (χ2n) is 4.66. The Balaban J connectivity index is 1.87. The van der Waals surface area contributed by atoms with Gasteiger partial charge in [-0.25, -0.2) is 0 Å². The van der Waals surface area contributed by atoms with E-state index in [4.69, 9.17) is 15.2 Å². The van der Waals surface area contributed by atoms with Gasteiger partial charge in [0.25, 0.3) is 0 Å². The van der Waals surface area contributed by atoms with E-state index in [0.717, 1.165) is 24.3 Å². The van der Waals surface area contributed by atoms with Crippen molar-refractivity contribution >= 4 is 0 Å². The van der Waals surface area contributed by atoms with E-state index >= 15 is 0 Å². The largest absolute Gasteiger partial charge is 0.491 e. The highest BCUT2D eigenvalue weighted by Crippen LogP contribution is 2.19. The summed E-state index contributed by atoms with van der Waals surface area (Å²) in [6.45, 7) is 3.49. The third-order valence-electron chi connectivity index (χ3n) is 3.09. The van der Waals surface area contributed by atoms with Crippen LogP contribution in [0.25, 0.3) is 0 Å². The average Bonchev–Trinajstić information content (AvgIpc) is 2.38. The van der Waals surface area contributed by atoms with E-state index in [2.05, 4.69) is 0 Å². The van der Waals surface area contributed by atoms with Crippen LogP contribution in [0.3, 0.4) is 0 Å². The predicted molar refractivity (Wildman–Crippen MR) is 68.1 cm³/mol. The smallest absolute Gasteiger partial charge is 0.119 e. The van der Waals surface area contributed by atoms with Gasteiger partial charge in [0.05, 0.1) is 6.10 Å². The van der Waals surface area contributed by atoms with Crippen molar-refractivity contribution in [3.8, 4) is 5.75 Å². The molecule has 1 aliphatic heterocycles. The van der Waals surface area contributed by atoms with Gasteiger partial charge in [0.2, 0.25) is 0 Å². The highest BCUT2D eigenvalue weighted by Gasteiger charge is 2.14. The molecule has 2 atom stereocenters. The molecule has 1 unspecified atom stereocenters. The summed E-state index contributed by atoms with van der Waals surface area (Å²) in [4.78, 5) is 0. The molecular formula is C14H21NO2. The SMILES string of the molecule is C[C@H](N)c1cccc(OCC2CCCCO2)c1. The maximum atomic E-state index is 5.84. The Hall–Kier alpha value is -1.06. The normalized spacial score (nSPS) is 22.1. The number of hydrogen-bond donors (Lipinski definition) is 1. The summed E-state index contributed by atoms with van der Waals surface area (Å²) in [5, 5.41) is 0. The van der Waals surface area contributed by atoms with Crippen molar-refractivity contribution in [2.45, 2.75) is 38.3 Å². The van der Waals surface area contributed by atoms with Gasteiger partial charge in [-0.15, -0.1) is 0 Å². The molecule has 94 valence electrons. The summed E-state index contributed by atoms with van der Waals surface area (Å²) < 4.78 is 11.4. The molecule has 1 aromatic carbocycles. The molecule has 1 heterocycles. The summed E-state index contributed by atoms with van der Waals surface area (Å²) >= 11 is 0. The quantitative estimate of drug-likeness (QED) is 0.872. The second-order valence-corrected chi connectivity index (χ2v) is 4.66. The molecule has 0 bridgehead atoms. The molecule has 0 saturated carbocycles. The fraction of sp³-hybridized carbons (Fsp3) is 0.571. The lowest BCUT2D eigenvalue weighted by Crippen LogP contribution is -2.25. The standard InChI is InChI=1S/C14H21NO2/c1-11(15)12-5-4-7-13(9-12)17-10-14-6-2-3-8-16-14/h4-5,7,9,11,14H,2-3,6,8,10,15H2,1H3/t11-,14?/m0/s1. The van der Waals surface area contributed by atoms with E-state index in [1.165, 1.54) is 12.8 Å². The predicted octanol–water partition coefficient (Wildman–Crippen LogP) is 2.65. The van der Waals surface area contributed by atoms with Crippen LogP contribution < -0.4 is 10.5 Å². The molecule has 0 amide bonds. The minimum Gasteiger partial charge on any atom is -0.491 e. The lowest BCUT2D eigenvalue weighted by Gasteiger charge is -2.22.